The lowest BCUT2D eigenvalue weighted by atomic mass is 9.98. The van der Waals surface area contributed by atoms with Gasteiger partial charge in [0.25, 0.3) is 0 Å². The van der Waals surface area contributed by atoms with Gasteiger partial charge in [-0.1, -0.05) is 19.3 Å². The second kappa shape index (κ2) is 3.88. The first kappa shape index (κ1) is 10.3. The Hall–Kier alpha value is 0.177. The summed E-state index contributed by atoms with van der Waals surface area (Å²) >= 11 is 0. The Bertz CT molecular complexity index is 235. The van der Waals surface area contributed by atoms with Gasteiger partial charge in [-0.2, -0.15) is 0 Å². The molecule has 3 rings (SSSR count). The van der Waals surface area contributed by atoms with Crippen molar-refractivity contribution in [3.05, 3.63) is 0 Å². The SMILES string of the molecule is C[Si]1(OC2CC3CCC2C3)CCCCC1. The number of hydrogen-bond acceptors (Lipinski definition) is 1. The minimum atomic E-state index is -1.24. The van der Waals surface area contributed by atoms with Crippen LogP contribution in [0, 0.1) is 11.8 Å². The van der Waals surface area contributed by atoms with E-state index in [1.807, 2.05) is 0 Å². The molecule has 0 aromatic heterocycles. The highest BCUT2D eigenvalue weighted by Gasteiger charge is 2.44. The second-order valence-electron chi connectivity index (χ2n) is 6.34. The van der Waals surface area contributed by atoms with Crippen molar-refractivity contribution < 1.29 is 4.43 Å². The molecule has 0 aromatic rings. The average Bonchev–Trinajstić information content (AvgIpc) is 2.79. The average molecular weight is 224 g/mol. The third-order valence-electron chi connectivity index (χ3n) is 5.02. The molecule has 3 unspecified atom stereocenters. The highest BCUT2D eigenvalue weighted by molar-refractivity contribution is 6.72. The van der Waals surface area contributed by atoms with E-state index in [-0.39, 0.29) is 0 Å². The van der Waals surface area contributed by atoms with Crippen LogP contribution in [0.5, 0.6) is 0 Å². The zero-order chi connectivity index (χ0) is 10.3. The van der Waals surface area contributed by atoms with Crippen LogP contribution in [-0.4, -0.2) is 14.4 Å². The van der Waals surface area contributed by atoms with Crippen molar-refractivity contribution in [3.8, 4) is 0 Å². The van der Waals surface area contributed by atoms with E-state index < -0.39 is 8.32 Å². The molecule has 3 fully saturated rings. The summed E-state index contributed by atoms with van der Waals surface area (Å²) in [6.07, 6.45) is 10.9. The van der Waals surface area contributed by atoms with Gasteiger partial charge in [0.1, 0.15) is 0 Å². The van der Waals surface area contributed by atoms with E-state index in [1.165, 1.54) is 57.0 Å². The standard InChI is InChI=1S/C13H24OSi/c1-15(7-3-2-4-8-15)14-13-10-11-5-6-12(13)9-11/h11-13H,2-10H2,1H3. The van der Waals surface area contributed by atoms with Gasteiger partial charge >= 0.3 is 0 Å². The zero-order valence-electron chi connectivity index (χ0n) is 10.0. The van der Waals surface area contributed by atoms with Crippen LogP contribution in [0.3, 0.4) is 0 Å². The predicted molar refractivity (Wildman–Crippen MR) is 65.4 cm³/mol. The molecule has 0 aromatic carbocycles. The maximum Gasteiger partial charge on any atom is 0.190 e. The van der Waals surface area contributed by atoms with Crippen molar-refractivity contribution >= 4 is 8.32 Å². The molecule has 0 amide bonds. The minimum absolute atomic E-state index is 0.693. The van der Waals surface area contributed by atoms with Crippen LogP contribution in [0.1, 0.15) is 44.9 Å². The van der Waals surface area contributed by atoms with Crippen molar-refractivity contribution in [3.63, 3.8) is 0 Å². The van der Waals surface area contributed by atoms with Crippen LogP contribution in [0.4, 0.5) is 0 Å². The van der Waals surface area contributed by atoms with Crippen LogP contribution in [0.15, 0.2) is 0 Å². The second-order valence-corrected chi connectivity index (χ2v) is 10.5. The topological polar surface area (TPSA) is 9.23 Å². The predicted octanol–water partition coefficient (Wildman–Crippen LogP) is 3.95. The lowest BCUT2D eigenvalue weighted by Gasteiger charge is -2.36. The Balaban J connectivity index is 1.60. The van der Waals surface area contributed by atoms with Crippen molar-refractivity contribution in [2.75, 3.05) is 0 Å². The molecule has 1 nitrogen and oxygen atoms in total. The van der Waals surface area contributed by atoms with E-state index in [0.717, 1.165) is 11.8 Å². The molecule has 2 saturated carbocycles. The fourth-order valence-corrected chi connectivity index (χ4v) is 7.61. The van der Waals surface area contributed by atoms with Crippen molar-refractivity contribution in [2.45, 2.75) is 69.7 Å². The number of fused-ring (bicyclic) bond motifs is 2. The summed E-state index contributed by atoms with van der Waals surface area (Å²) < 4.78 is 6.61. The van der Waals surface area contributed by atoms with Gasteiger partial charge in [0.2, 0.25) is 0 Å². The molecule has 3 atom stereocenters. The Morgan fingerprint density at radius 3 is 2.40 bits per heavy atom. The largest absolute Gasteiger partial charge is 0.414 e. The molecule has 0 spiro atoms. The molecule has 1 saturated heterocycles. The molecule has 0 radical (unpaired) electrons. The Morgan fingerprint density at radius 1 is 1.00 bits per heavy atom. The van der Waals surface area contributed by atoms with E-state index >= 15 is 0 Å². The van der Waals surface area contributed by atoms with Gasteiger partial charge in [-0.25, -0.2) is 0 Å². The zero-order valence-corrected chi connectivity index (χ0v) is 11.0. The molecule has 2 aliphatic carbocycles. The fraction of sp³-hybridized carbons (Fsp3) is 1.00. The first-order valence-corrected chi connectivity index (χ1v) is 9.75. The summed E-state index contributed by atoms with van der Waals surface area (Å²) in [6, 6.07) is 2.89. The van der Waals surface area contributed by atoms with Gasteiger partial charge in [0.15, 0.2) is 8.32 Å². The van der Waals surface area contributed by atoms with Gasteiger partial charge < -0.3 is 4.43 Å². The van der Waals surface area contributed by atoms with E-state index in [2.05, 4.69) is 6.55 Å². The first-order valence-electron chi connectivity index (χ1n) is 6.93. The monoisotopic (exact) mass is 224 g/mol. The molecular weight excluding hydrogens is 200 g/mol. The molecule has 0 N–H and O–H groups in total. The maximum atomic E-state index is 6.61. The molecule has 2 heteroatoms. The summed E-state index contributed by atoms with van der Waals surface area (Å²) in [5.41, 5.74) is 0. The van der Waals surface area contributed by atoms with Crippen LogP contribution in [-0.2, 0) is 4.43 Å². The van der Waals surface area contributed by atoms with Gasteiger partial charge in [-0.3, -0.25) is 0 Å². The highest BCUT2D eigenvalue weighted by Crippen LogP contribution is 2.47. The molecular formula is C13H24OSi. The van der Waals surface area contributed by atoms with Crippen LogP contribution in [0.25, 0.3) is 0 Å². The van der Waals surface area contributed by atoms with Gasteiger partial charge in [-0.05, 0) is 56.2 Å². The van der Waals surface area contributed by atoms with Crippen molar-refractivity contribution in [1.29, 1.82) is 0 Å². The highest BCUT2D eigenvalue weighted by atomic mass is 28.4. The summed E-state index contributed by atoms with van der Waals surface area (Å²) in [4.78, 5) is 0. The molecule has 1 aliphatic heterocycles. The molecule has 2 bridgehead atoms. The Labute approximate surface area is 94.7 Å². The molecule has 3 aliphatic rings. The quantitative estimate of drug-likeness (QED) is 0.645. The maximum absolute atomic E-state index is 6.61. The van der Waals surface area contributed by atoms with E-state index in [0.29, 0.717) is 6.10 Å². The molecule has 86 valence electrons. The third kappa shape index (κ3) is 2.03. The van der Waals surface area contributed by atoms with Gasteiger partial charge in [0, 0.05) is 6.10 Å². The van der Waals surface area contributed by atoms with Crippen molar-refractivity contribution in [2.24, 2.45) is 11.8 Å². The van der Waals surface area contributed by atoms with Gasteiger partial charge in [0.05, 0.1) is 0 Å². The van der Waals surface area contributed by atoms with Crippen LogP contribution in [0.2, 0.25) is 18.6 Å². The lowest BCUT2D eigenvalue weighted by Crippen LogP contribution is -2.41. The summed E-state index contributed by atoms with van der Waals surface area (Å²) in [7, 11) is -1.24. The summed E-state index contributed by atoms with van der Waals surface area (Å²) in [6.45, 7) is 2.50. The van der Waals surface area contributed by atoms with E-state index in [9.17, 15) is 0 Å². The van der Waals surface area contributed by atoms with Crippen LogP contribution < -0.4 is 0 Å². The normalized spacial score (nSPS) is 43.4. The summed E-state index contributed by atoms with van der Waals surface area (Å²) in [5.74, 6) is 2.00. The first-order chi connectivity index (χ1) is 7.25. The van der Waals surface area contributed by atoms with E-state index in [4.69, 9.17) is 4.43 Å². The van der Waals surface area contributed by atoms with Crippen molar-refractivity contribution in [1.82, 2.24) is 0 Å². The minimum Gasteiger partial charge on any atom is -0.414 e. The van der Waals surface area contributed by atoms with Gasteiger partial charge in [-0.15, -0.1) is 0 Å². The van der Waals surface area contributed by atoms with Crippen LogP contribution >= 0.6 is 0 Å². The number of rotatable bonds is 2. The molecule has 15 heavy (non-hydrogen) atoms. The third-order valence-corrected chi connectivity index (χ3v) is 8.71. The van der Waals surface area contributed by atoms with E-state index in [1.54, 1.807) is 0 Å². The Kier molecular flexibility index (Phi) is 2.68. The summed E-state index contributed by atoms with van der Waals surface area (Å²) in [5, 5.41) is 0. The fourth-order valence-electron chi connectivity index (χ4n) is 4.11. The Morgan fingerprint density at radius 2 is 1.80 bits per heavy atom. The molecule has 1 heterocycles. The number of hydrogen-bond donors (Lipinski definition) is 0. The lowest BCUT2D eigenvalue weighted by molar-refractivity contribution is 0.125. The smallest absolute Gasteiger partial charge is 0.190 e.